The molecule has 1 aromatic rings. The number of hydrogen-bond acceptors (Lipinski definition) is 5. The van der Waals surface area contributed by atoms with Crippen molar-refractivity contribution in [2.45, 2.75) is 30.2 Å². The lowest BCUT2D eigenvalue weighted by molar-refractivity contribution is 0.0519. The van der Waals surface area contributed by atoms with Gasteiger partial charge in [0.15, 0.2) is 5.16 Å². The number of ether oxygens (including phenoxy) is 1. The van der Waals surface area contributed by atoms with E-state index in [1.165, 1.54) is 0 Å². The zero-order valence-electron chi connectivity index (χ0n) is 9.86. The molecular weight excluding hydrogens is 238 g/mol. The van der Waals surface area contributed by atoms with E-state index in [1.807, 2.05) is 0 Å². The molecule has 1 aliphatic heterocycles. The summed E-state index contributed by atoms with van der Waals surface area (Å²) >= 11 is 1.71. The quantitative estimate of drug-likeness (QED) is 0.797. The van der Waals surface area contributed by atoms with Crippen LogP contribution in [0.5, 0.6) is 0 Å². The normalized spacial score (nSPS) is 17.0. The van der Waals surface area contributed by atoms with Crippen molar-refractivity contribution in [1.29, 1.82) is 0 Å². The van der Waals surface area contributed by atoms with Crippen molar-refractivity contribution in [1.82, 2.24) is 15.3 Å². The van der Waals surface area contributed by atoms with E-state index >= 15 is 0 Å². The Hall–Kier alpha value is -1.01. The van der Waals surface area contributed by atoms with Gasteiger partial charge in [-0.1, -0.05) is 11.8 Å². The molecule has 0 saturated carbocycles. The Bertz CT molecular complexity index is 375. The minimum Gasteiger partial charge on any atom is -0.461 e. The Morgan fingerprint density at radius 2 is 2.35 bits per heavy atom. The fraction of sp³-hybridized carbons (Fsp3) is 0.636. The highest BCUT2D eigenvalue weighted by Crippen LogP contribution is 2.26. The van der Waals surface area contributed by atoms with E-state index in [0.29, 0.717) is 17.6 Å². The third kappa shape index (κ3) is 3.47. The second-order valence-corrected chi connectivity index (χ2v) is 5.18. The van der Waals surface area contributed by atoms with Gasteiger partial charge < -0.3 is 15.0 Å². The number of piperidine rings is 1. The van der Waals surface area contributed by atoms with Gasteiger partial charge in [-0.25, -0.2) is 9.78 Å². The highest BCUT2D eigenvalue weighted by molar-refractivity contribution is 7.99. The van der Waals surface area contributed by atoms with E-state index in [2.05, 4.69) is 15.3 Å². The van der Waals surface area contributed by atoms with E-state index in [1.54, 1.807) is 24.9 Å². The van der Waals surface area contributed by atoms with Gasteiger partial charge in [-0.2, -0.15) is 0 Å². The van der Waals surface area contributed by atoms with E-state index in [-0.39, 0.29) is 5.97 Å². The highest BCUT2D eigenvalue weighted by atomic mass is 32.2. The van der Waals surface area contributed by atoms with Crippen molar-refractivity contribution in [3.63, 3.8) is 0 Å². The molecule has 6 heteroatoms. The minimum absolute atomic E-state index is 0.336. The van der Waals surface area contributed by atoms with Crippen LogP contribution in [0.2, 0.25) is 0 Å². The summed E-state index contributed by atoms with van der Waals surface area (Å²) in [7, 11) is 0. The maximum Gasteiger partial charge on any atom is 0.356 e. The fourth-order valence-corrected chi connectivity index (χ4v) is 2.82. The van der Waals surface area contributed by atoms with Crippen molar-refractivity contribution in [2.24, 2.45) is 0 Å². The van der Waals surface area contributed by atoms with Crippen molar-refractivity contribution >= 4 is 17.7 Å². The van der Waals surface area contributed by atoms with Gasteiger partial charge in [0, 0.05) is 5.25 Å². The van der Waals surface area contributed by atoms with Crippen LogP contribution in [-0.4, -0.2) is 40.9 Å². The van der Waals surface area contributed by atoms with Gasteiger partial charge in [-0.15, -0.1) is 0 Å². The number of nitrogens with one attached hydrogen (secondary N) is 2. The van der Waals surface area contributed by atoms with Gasteiger partial charge >= 0.3 is 5.97 Å². The van der Waals surface area contributed by atoms with E-state index in [4.69, 9.17) is 4.74 Å². The van der Waals surface area contributed by atoms with Gasteiger partial charge in [0.1, 0.15) is 5.69 Å². The molecule has 17 heavy (non-hydrogen) atoms. The number of carbonyl (C=O) groups is 1. The molecule has 2 rings (SSSR count). The largest absolute Gasteiger partial charge is 0.461 e. The van der Waals surface area contributed by atoms with Crippen LogP contribution in [0.1, 0.15) is 30.3 Å². The van der Waals surface area contributed by atoms with Crippen molar-refractivity contribution in [3.8, 4) is 0 Å². The number of carbonyl (C=O) groups excluding carboxylic acids is 1. The van der Waals surface area contributed by atoms with Crippen LogP contribution in [0, 0.1) is 0 Å². The predicted molar refractivity (Wildman–Crippen MR) is 66.3 cm³/mol. The minimum atomic E-state index is -0.336. The highest BCUT2D eigenvalue weighted by Gasteiger charge is 2.17. The molecular formula is C11H17N3O2S. The lowest BCUT2D eigenvalue weighted by atomic mass is 10.2. The van der Waals surface area contributed by atoms with Gasteiger partial charge in [-0.3, -0.25) is 0 Å². The number of aromatic amines is 1. The standard InChI is InChI=1S/C11H17N3O2S/c1-2-16-10(15)9-7-13-11(14-9)17-8-3-5-12-6-4-8/h7-8,12H,2-6H2,1H3,(H,13,14). The average molecular weight is 255 g/mol. The summed E-state index contributed by atoms with van der Waals surface area (Å²) in [6, 6.07) is 0. The topological polar surface area (TPSA) is 67.0 Å². The monoisotopic (exact) mass is 255 g/mol. The summed E-state index contributed by atoms with van der Waals surface area (Å²) in [5, 5.41) is 4.71. The van der Waals surface area contributed by atoms with E-state index in [9.17, 15) is 4.79 Å². The molecule has 94 valence electrons. The molecule has 0 spiro atoms. The molecule has 1 aliphatic rings. The summed E-state index contributed by atoms with van der Waals surface area (Å²) in [6.45, 7) is 4.29. The first-order chi connectivity index (χ1) is 8.29. The number of rotatable bonds is 4. The van der Waals surface area contributed by atoms with Crippen molar-refractivity contribution in [3.05, 3.63) is 11.9 Å². The zero-order chi connectivity index (χ0) is 12.1. The van der Waals surface area contributed by atoms with Crippen LogP contribution in [0.3, 0.4) is 0 Å². The second kappa shape index (κ2) is 6.07. The summed E-state index contributed by atoms with van der Waals surface area (Å²) in [6.07, 6.45) is 3.82. The number of aromatic nitrogens is 2. The van der Waals surface area contributed by atoms with Gasteiger partial charge in [0.05, 0.1) is 12.8 Å². The molecule has 2 N–H and O–H groups in total. The van der Waals surface area contributed by atoms with Crippen LogP contribution >= 0.6 is 11.8 Å². The Morgan fingerprint density at radius 3 is 3.06 bits per heavy atom. The zero-order valence-corrected chi connectivity index (χ0v) is 10.7. The number of thioether (sulfide) groups is 1. The fourth-order valence-electron chi connectivity index (χ4n) is 1.75. The maximum atomic E-state index is 11.4. The third-order valence-electron chi connectivity index (χ3n) is 2.61. The second-order valence-electron chi connectivity index (χ2n) is 3.89. The number of esters is 1. The first-order valence-corrected chi connectivity index (χ1v) is 6.77. The van der Waals surface area contributed by atoms with Crippen LogP contribution in [0.4, 0.5) is 0 Å². The molecule has 5 nitrogen and oxygen atoms in total. The first-order valence-electron chi connectivity index (χ1n) is 5.89. The van der Waals surface area contributed by atoms with Crippen molar-refractivity contribution in [2.75, 3.05) is 19.7 Å². The summed E-state index contributed by atoms with van der Waals surface area (Å²) in [5.74, 6) is -0.336. The SMILES string of the molecule is CCOC(=O)c1cnc(SC2CCNCC2)[nH]1. The molecule has 1 fully saturated rings. The molecule has 2 heterocycles. The molecule has 1 aromatic heterocycles. The Labute approximate surface area is 105 Å². The number of H-pyrrole nitrogens is 1. The molecule has 0 bridgehead atoms. The summed E-state index contributed by atoms with van der Waals surface area (Å²) < 4.78 is 4.90. The molecule has 0 aromatic carbocycles. The molecule has 0 radical (unpaired) electrons. The Kier molecular flexibility index (Phi) is 4.44. The van der Waals surface area contributed by atoms with E-state index in [0.717, 1.165) is 31.1 Å². The number of imidazole rings is 1. The van der Waals surface area contributed by atoms with Gasteiger partial charge in [0.2, 0.25) is 0 Å². The van der Waals surface area contributed by atoms with E-state index < -0.39 is 0 Å². The molecule has 0 amide bonds. The van der Waals surface area contributed by atoms with Crippen LogP contribution < -0.4 is 5.32 Å². The van der Waals surface area contributed by atoms with Crippen LogP contribution in [0.15, 0.2) is 11.4 Å². The van der Waals surface area contributed by atoms with Crippen LogP contribution in [-0.2, 0) is 4.74 Å². The molecule has 1 saturated heterocycles. The summed E-state index contributed by atoms with van der Waals surface area (Å²) in [4.78, 5) is 18.6. The number of hydrogen-bond donors (Lipinski definition) is 2. The third-order valence-corrected chi connectivity index (χ3v) is 3.85. The first kappa shape index (κ1) is 12.4. The Balaban J connectivity index is 1.91. The Morgan fingerprint density at radius 1 is 1.59 bits per heavy atom. The lowest BCUT2D eigenvalue weighted by Crippen LogP contribution is -2.29. The molecule has 0 atom stereocenters. The average Bonchev–Trinajstić information content (AvgIpc) is 2.79. The van der Waals surface area contributed by atoms with Gasteiger partial charge in [-0.05, 0) is 32.9 Å². The number of nitrogens with zero attached hydrogens (tertiary/aromatic N) is 1. The predicted octanol–water partition coefficient (Wildman–Crippen LogP) is 1.43. The van der Waals surface area contributed by atoms with Crippen LogP contribution in [0.25, 0.3) is 0 Å². The summed E-state index contributed by atoms with van der Waals surface area (Å²) in [5.41, 5.74) is 0.434. The lowest BCUT2D eigenvalue weighted by Gasteiger charge is -2.20. The van der Waals surface area contributed by atoms with Gasteiger partial charge in [0.25, 0.3) is 0 Å². The van der Waals surface area contributed by atoms with Crippen molar-refractivity contribution < 1.29 is 9.53 Å². The smallest absolute Gasteiger partial charge is 0.356 e. The maximum absolute atomic E-state index is 11.4. The molecule has 0 unspecified atom stereocenters. The molecule has 0 aliphatic carbocycles.